The van der Waals surface area contributed by atoms with Crippen molar-refractivity contribution in [3.05, 3.63) is 65.2 Å². The van der Waals surface area contributed by atoms with Crippen LogP contribution in [-0.2, 0) is 12.6 Å². The third-order valence-corrected chi connectivity index (χ3v) is 5.04. The van der Waals surface area contributed by atoms with Gasteiger partial charge in [-0.15, -0.1) is 0 Å². The summed E-state index contributed by atoms with van der Waals surface area (Å²) in [5.41, 5.74) is 0.160. The summed E-state index contributed by atoms with van der Waals surface area (Å²) in [5, 5.41) is 9.55. The Morgan fingerprint density at radius 1 is 1.15 bits per heavy atom. The van der Waals surface area contributed by atoms with E-state index in [1.165, 1.54) is 24.3 Å². The molecule has 0 radical (unpaired) electrons. The molecule has 0 unspecified atom stereocenters. The van der Waals surface area contributed by atoms with Gasteiger partial charge in [0.25, 0.3) is 5.91 Å². The van der Waals surface area contributed by atoms with Crippen molar-refractivity contribution < 1.29 is 23.1 Å². The number of aromatic hydroxyl groups is 1. The molecule has 0 aromatic heterocycles. The second-order valence-corrected chi connectivity index (χ2v) is 7.00. The minimum atomic E-state index is -4.35. The molecule has 1 aliphatic rings. The van der Waals surface area contributed by atoms with Crippen LogP contribution in [0.3, 0.4) is 0 Å². The molecule has 144 valence electrons. The van der Waals surface area contributed by atoms with Crippen molar-refractivity contribution in [2.24, 2.45) is 5.92 Å². The Hall–Kier alpha value is -2.50. The van der Waals surface area contributed by atoms with Gasteiger partial charge < -0.3 is 10.0 Å². The summed E-state index contributed by atoms with van der Waals surface area (Å²) in [6.07, 6.45) is -1.67. The Morgan fingerprint density at radius 3 is 2.67 bits per heavy atom. The predicted molar refractivity (Wildman–Crippen MR) is 96.5 cm³/mol. The van der Waals surface area contributed by atoms with Crippen LogP contribution >= 0.6 is 0 Å². The number of phenols is 1. The molecule has 27 heavy (non-hydrogen) atoms. The number of hydrogen-bond donors (Lipinski definition) is 1. The SMILES string of the molecule is O=C(c1cccc(O)c1)N1CCC[C@H](CCc2ccccc2C(F)(F)F)C1. The molecule has 0 aliphatic carbocycles. The lowest BCUT2D eigenvalue weighted by atomic mass is 9.90. The summed E-state index contributed by atoms with van der Waals surface area (Å²) in [5.74, 6) is 0.0609. The van der Waals surface area contributed by atoms with E-state index in [4.69, 9.17) is 0 Å². The maximum atomic E-state index is 13.1. The van der Waals surface area contributed by atoms with Gasteiger partial charge in [-0.05, 0) is 61.4 Å². The van der Waals surface area contributed by atoms with Crippen molar-refractivity contribution >= 4 is 5.91 Å². The van der Waals surface area contributed by atoms with Gasteiger partial charge in [0.15, 0.2) is 0 Å². The number of amides is 1. The summed E-state index contributed by atoms with van der Waals surface area (Å²) in [7, 11) is 0. The normalized spacial score (nSPS) is 17.7. The first-order chi connectivity index (χ1) is 12.8. The molecule has 1 atom stereocenters. The fourth-order valence-corrected chi connectivity index (χ4v) is 3.68. The molecule has 3 rings (SSSR count). The average Bonchev–Trinajstić information content (AvgIpc) is 2.65. The first-order valence-corrected chi connectivity index (χ1v) is 9.08. The van der Waals surface area contributed by atoms with Crippen molar-refractivity contribution in [2.45, 2.75) is 31.9 Å². The van der Waals surface area contributed by atoms with Gasteiger partial charge in [-0.1, -0.05) is 24.3 Å². The van der Waals surface area contributed by atoms with Crippen LogP contribution in [0.25, 0.3) is 0 Å². The lowest BCUT2D eigenvalue weighted by Gasteiger charge is -2.33. The molecule has 2 aromatic carbocycles. The number of likely N-dealkylation sites (tertiary alicyclic amines) is 1. The van der Waals surface area contributed by atoms with Crippen molar-refractivity contribution in [3.8, 4) is 5.75 Å². The van der Waals surface area contributed by atoms with Gasteiger partial charge in [-0.25, -0.2) is 0 Å². The second-order valence-electron chi connectivity index (χ2n) is 7.00. The lowest BCUT2D eigenvalue weighted by molar-refractivity contribution is -0.138. The number of nitrogens with zero attached hydrogens (tertiary/aromatic N) is 1. The van der Waals surface area contributed by atoms with Crippen LogP contribution in [0.15, 0.2) is 48.5 Å². The van der Waals surface area contributed by atoms with Crippen molar-refractivity contribution in [2.75, 3.05) is 13.1 Å². The number of halogens is 3. The molecular formula is C21H22F3NO2. The molecule has 0 spiro atoms. The maximum Gasteiger partial charge on any atom is 0.416 e. The minimum absolute atomic E-state index is 0.0400. The quantitative estimate of drug-likeness (QED) is 0.824. The Balaban J connectivity index is 1.63. The molecule has 1 heterocycles. The topological polar surface area (TPSA) is 40.5 Å². The minimum Gasteiger partial charge on any atom is -0.508 e. The summed E-state index contributed by atoms with van der Waals surface area (Å²) in [4.78, 5) is 14.4. The lowest BCUT2D eigenvalue weighted by Crippen LogP contribution is -2.40. The number of aryl methyl sites for hydroxylation is 1. The van der Waals surface area contributed by atoms with E-state index in [1.807, 2.05) is 0 Å². The van der Waals surface area contributed by atoms with Gasteiger partial charge in [-0.2, -0.15) is 13.2 Å². The fourth-order valence-electron chi connectivity index (χ4n) is 3.68. The molecule has 2 aromatic rings. The highest BCUT2D eigenvalue weighted by Crippen LogP contribution is 2.33. The van der Waals surface area contributed by atoms with E-state index in [1.54, 1.807) is 23.1 Å². The summed E-state index contributed by atoms with van der Waals surface area (Å²) < 4.78 is 39.4. The van der Waals surface area contributed by atoms with Gasteiger partial charge in [0.2, 0.25) is 0 Å². The zero-order chi connectivity index (χ0) is 19.4. The number of hydrogen-bond acceptors (Lipinski definition) is 2. The summed E-state index contributed by atoms with van der Waals surface area (Å²) >= 11 is 0. The third kappa shape index (κ3) is 4.81. The van der Waals surface area contributed by atoms with Crippen LogP contribution in [0.5, 0.6) is 5.75 Å². The van der Waals surface area contributed by atoms with Crippen LogP contribution in [0.1, 0.15) is 40.7 Å². The number of carbonyl (C=O) groups excluding carboxylic acids is 1. The fraction of sp³-hybridized carbons (Fsp3) is 0.381. The number of phenolic OH excluding ortho intramolecular Hbond substituents is 1. The van der Waals surface area contributed by atoms with Gasteiger partial charge >= 0.3 is 6.18 Å². The van der Waals surface area contributed by atoms with Gasteiger partial charge in [0.05, 0.1) is 5.56 Å². The number of alkyl halides is 3. The van der Waals surface area contributed by atoms with Crippen LogP contribution in [0.2, 0.25) is 0 Å². The molecule has 3 nitrogen and oxygen atoms in total. The van der Waals surface area contributed by atoms with Gasteiger partial charge in [0, 0.05) is 18.7 Å². The summed E-state index contributed by atoms with van der Waals surface area (Å²) in [6, 6.07) is 11.9. The first kappa shape index (κ1) is 19.3. The molecule has 1 saturated heterocycles. The van der Waals surface area contributed by atoms with Crippen LogP contribution in [0.4, 0.5) is 13.2 Å². The standard InChI is InChI=1S/C21H22F3NO2/c22-21(23,24)19-9-2-1-6-16(19)11-10-15-5-4-12-25(14-15)20(27)17-7-3-8-18(26)13-17/h1-3,6-9,13,15,26H,4-5,10-12,14H2/t15-/m1/s1. The van der Waals surface area contributed by atoms with E-state index in [0.29, 0.717) is 37.1 Å². The molecule has 6 heteroatoms. The number of rotatable bonds is 4. The highest BCUT2D eigenvalue weighted by molar-refractivity contribution is 5.94. The van der Waals surface area contributed by atoms with Crippen molar-refractivity contribution in [3.63, 3.8) is 0 Å². The highest BCUT2D eigenvalue weighted by atomic mass is 19.4. The van der Waals surface area contributed by atoms with E-state index >= 15 is 0 Å². The van der Waals surface area contributed by atoms with E-state index in [0.717, 1.165) is 18.9 Å². The highest BCUT2D eigenvalue weighted by Gasteiger charge is 2.33. The van der Waals surface area contributed by atoms with E-state index in [2.05, 4.69) is 0 Å². The predicted octanol–water partition coefficient (Wildman–Crippen LogP) is 4.90. The average molecular weight is 377 g/mol. The monoisotopic (exact) mass is 377 g/mol. The smallest absolute Gasteiger partial charge is 0.416 e. The maximum absolute atomic E-state index is 13.1. The zero-order valence-electron chi connectivity index (χ0n) is 14.9. The number of piperidine rings is 1. The van der Waals surface area contributed by atoms with Crippen LogP contribution in [0, 0.1) is 5.92 Å². The largest absolute Gasteiger partial charge is 0.508 e. The molecular weight excluding hydrogens is 355 g/mol. The number of benzene rings is 2. The first-order valence-electron chi connectivity index (χ1n) is 9.08. The van der Waals surface area contributed by atoms with E-state index in [-0.39, 0.29) is 17.6 Å². The van der Waals surface area contributed by atoms with Crippen molar-refractivity contribution in [1.82, 2.24) is 4.90 Å². The van der Waals surface area contributed by atoms with Gasteiger partial charge in [0.1, 0.15) is 5.75 Å². The van der Waals surface area contributed by atoms with Gasteiger partial charge in [-0.3, -0.25) is 4.79 Å². The molecule has 1 fully saturated rings. The molecule has 1 N–H and O–H groups in total. The Bertz CT molecular complexity index is 804. The van der Waals surface area contributed by atoms with E-state index in [9.17, 15) is 23.1 Å². The Labute approximate surface area is 156 Å². The van der Waals surface area contributed by atoms with Crippen molar-refractivity contribution in [1.29, 1.82) is 0 Å². The zero-order valence-corrected chi connectivity index (χ0v) is 14.9. The van der Waals surface area contributed by atoms with Crippen LogP contribution < -0.4 is 0 Å². The Kier molecular flexibility index (Phi) is 5.73. The Morgan fingerprint density at radius 2 is 1.93 bits per heavy atom. The molecule has 1 amide bonds. The van der Waals surface area contributed by atoms with Crippen LogP contribution in [-0.4, -0.2) is 29.0 Å². The third-order valence-electron chi connectivity index (χ3n) is 5.04. The summed E-state index contributed by atoms with van der Waals surface area (Å²) in [6.45, 7) is 1.16. The molecule has 0 saturated carbocycles. The van der Waals surface area contributed by atoms with E-state index < -0.39 is 11.7 Å². The number of carbonyl (C=O) groups is 1. The molecule has 0 bridgehead atoms. The second kappa shape index (κ2) is 8.03. The molecule has 1 aliphatic heterocycles.